The van der Waals surface area contributed by atoms with Gasteiger partial charge in [0.05, 0.1) is 0 Å². The Bertz CT molecular complexity index is 1070. The fraction of sp³-hybridized carbons (Fsp3) is 0.214. The normalized spacial score (nSPS) is 17.5. The van der Waals surface area contributed by atoms with E-state index in [2.05, 4.69) is 110 Å². The van der Waals surface area contributed by atoms with Gasteiger partial charge >= 0.3 is 0 Å². The summed E-state index contributed by atoms with van der Waals surface area (Å²) in [6.07, 6.45) is 15.6. The Kier molecular flexibility index (Phi) is 6.04. The molecule has 0 radical (unpaired) electrons. The monoisotopic (exact) mass is 394 g/mol. The maximum Gasteiger partial charge on any atom is 0.0491 e. The maximum atomic E-state index is 4.13. The minimum atomic E-state index is 0.943. The summed E-state index contributed by atoms with van der Waals surface area (Å²) in [6.45, 7) is 8.27. The lowest BCUT2D eigenvalue weighted by atomic mass is 10.1. The minimum absolute atomic E-state index is 0.943. The molecule has 1 aliphatic carbocycles. The third kappa shape index (κ3) is 4.18. The largest absolute Gasteiger partial charge is 0.355 e. The molecular formula is C28H30N2. The summed E-state index contributed by atoms with van der Waals surface area (Å²) in [5.74, 6) is 0. The average molecular weight is 395 g/mol. The van der Waals surface area contributed by atoms with E-state index in [0.29, 0.717) is 0 Å². The number of allylic oxidation sites excluding steroid dienone is 8. The van der Waals surface area contributed by atoms with E-state index in [1.54, 1.807) is 0 Å². The Morgan fingerprint density at radius 3 is 2.73 bits per heavy atom. The Hall–Kier alpha value is -3.26. The molecule has 30 heavy (non-hydrogen) atoms. The molecule has 2 aliphatic rings. The lowest BCUT2D eigenvalue weighted by Crippen LogP contribution is -2.18. The van der Waals surface area contributed by atoms with Crippen molar-refractivity contribution in [3.05, 3.63) is 114 Å². The van der Waals surface area contributed by atoms with Crippen LogP contribution in [0.5, 0.6) is 0 Å². The molecule has 1 N–H and O–H groups in total. The molecule has 0 saturated carbocycles. The van der Waals surface area contributed by atoms with E-state index < -0.39 is 0 Å². The second-order valence-corrected chi connectivity index (χ2v) is 7.95. The number of hydrogen-bond acceptors (Lipinski definition) is 2. The number of rotatable bonds is 5. The van der Waals surface area contributed by atoms with Gasteiger partial charge in [0.1, 0.15) is 0 Å². The van der Waals surface area contributed by atoms with Crippen LogP contribution in [0, 0.1) is 0 Å². The van der Waals surface area contributed by atoms with Gasteiger partial charge in [0, 0.05) is 40.5 Å². The van der Waals surface area contributed by atoms with Crippen LogP contribution in [0.2, 0.25) is 0 Å². The van der Waals surface area contributed by atoms with Gasteiger partial charge in [0.2, 0.25) is 0 Å². The molecule has 0 unspecified atom stereocenters. The first-order valence-corrected chi connectivity index (χ1v) is 10.8. The highest BCUT2D eigenvalue weighted by Crippen LogP contribution is 2.39. The lowest BCUT2D eigenvalue weighted by Gasteiger charge is -2.25. The summed E-state index contributed by atoms with van der Waals surface area (Å²) >= 11 is 0. The predicted octanol–water partition coefficient (Wildman–Crippen LogP) is 7.61. The first kappa shape index (κ1) is 20.0. The molecule has 2 aromatic rings. The molecule has 2 heteroatoms. The Morgan fingerprint density at radius 1 is 1.10 bits per heavy atom. The zero-order chi connectivity index (χ0) is 20.9. The van der Waals surface area contributed by atoms with Crippen LogP contribution in [-0.2, 0) is 6.42 Å². The molecule has 0 saturated heterocycles. The van der Waals surface area contributed by atoms with E-state index in [-0.39, 0.29) is 0 Å². The van der Waals surface area contributed by atoms with E-state index in [9.17, 15) is 0 Å². The van der Waals surface area contributed by atoms with Crippen LogP contribution < -0.4 is 10.2 Å². The number of hydrogen-bond donors (Lipinski definition) is 1. The summed E-state index contributed by atoms with van der Waals surface area (Å²) in [6, 6.07) is 17.1. The smallest absolute Gasteiger partial charge is 0.0491 e. The molecule has 0 spiro atoms. The molecule has 0 bridgehead atoms. The van der Waals surface area contributed by atoms with Gasteiger partial charge < -0.3 is 10.2 Å². The van der Waals surface area contributed by atoms with Crippen molar-refractivity contribution >= 4 is 16.9 Å². The van der Waals surface area contributed by atoms with E-state index in [1.165, 1.54) is 29.1 Å². The van der Waals surface area contributed by atoms with Crippen molar-refractivity contribution in [2.24, 2.45) is 0 Å². The molecule has 1 aliphatic heterocycles. The SMILES string of the molecule is C=C(C)c1ccccc1NC(=C/C)/C=C1\Cc2ccccc2N1C1=CC=CCCC1. The lowest BCUT2D eigenvalue weighted by molar-refractivity contribution is 0.815. The van der Waals surface area contributed by atoms with Crippen molar-refractivity contribution in [1.29, 1.82) is 0 Å². The number of para-hydroxylation sites is 2. The third-order valence-corrected chi connectivity index (χ3v) is 5.71. The first-order chi connectivity index (χ1) is 14.7. The van der Waals surface area contributed by atoms with Crippen molar-refractivity contribution in [3.63, 3.8) is 0 Å². The predicted molar refractivity (Wildman–Crippen MR) is 130 cm³/mol. The van der Waals surface area contributed by atoms with Crippen molar-refractivity contribution < 1.29 is 0 Å². The van der Waals surface area contributed by atoms with Crippen molar-refractivity contribution in [3.8, 4) is 0 Å². The molecule has 152 valence electrons. The van der Waals surface area contributed by atoms with Crippen LogP contribution in [0.1, 0.15) is 44.2 Å². The highest BCUT2D eigenvalue weighted by atomic mass is 15.2. The second kappa shape index (κ2) is 9.04. The molecule has 2 nitrogen and oxygen atoms in total. The fourth-order valence-electron chi connectivity index (χ4n) is 4.20. The van der Waals surface area contributed by atoms with E-state index in [4.69, 9.17) is 0 Å². The van der Waals surface area contributed by atoms with Gasteiger partial charge in [-0.3, -0.25) is 0 Å². The molecule has 0 atom stereocenters. The summed E-state index contributed by atoms with van der Waals surface area (Å²) < 4.78 is 0. The zero-order valence-electron chi connectivity index (χ0n) is 18.0. The summed E-state index contributed by atoms with van der Waals surface area (Å²) in [7, 11) is 0. The summed E-state index contributed by atoms with van der Waals surface area (Å²) in [4.78, 5) is 2.46. The highest BCUT2D eigenvalue weighted by Gasteiger charge is 2.26. The molecule has 0 fully saturated rings. The van der Waals surface area contributed by atoms with E-state index >= 15 is 0 Å². The number of fused-ring (bicyclic) bond motifs is 1. The van der Waals surface area contributed by atoms with Crippen LogP contribution >= 0.6 is 0 Å². The highest BCUT2D eigenvalue weighted by molar-refractivity contribution is 5.76. The molecule has 0 amide bonds. The van der Waals surface area contributed by atoms with Crippen LogP contribution in [0.4, 0.5) is 11.4 Å². The van der Waals surface area contributed by atoms with Gasteiger partial charge in [0.15, 0.2) is 0 Å². The number of nitrogens with one attached hydrogen (secondary N) is 1. The first-order valence-electron chi connectivity index (χ1n) is 10.8. The maximum absolute atomic E-state index is 4.13. The summed E-state index contributed by atoms with van der Waals surface area (Å²) in [5.41, 5.74) is 9.78. The Labute approximate surface area is 180 Å². The van der Waals surface area contributed by atoms with Crippen molar-refractivity contribution in [2.45, 2.75) is 39.5 Å². The summed E-state index contributed by atoms with van der Waals surface area (Å²) in [5, 5.41) is 3.63. The van der Waals surface area contributed by atoms with Gasteiger partial charge in [-0.2, -0.15) is 0 Å². The quantitative estimate of drug-likeness (QED) is 0.561. The number of anilines is 2. The van der Waals surface area contributed by atoms with E-state index in [0.717, 1.165) is 41.8 Å². The topological polar surface area (TPSA) is 15.3 Å². The van der Waals surface area contributed by atoms with Crippen LogP contribution in [0.25, 0.3) is 5.57 Å². The van der Waals surface area contributed by atoms with Crippen LogP contribution in [0.15, 0.2) is 103 Å². The molecule has 0 aromatic heterocycles. The Balaban J connectivity index is 1.69. The molecule has 1 heterocycles. The van der Waals surface area contributed by atoms with Crippen LogP contribution in [0.3, 0.4) is 0 Å². The fourth-order valence-corrected chi connectivity index (χ4v) is 4.20. The minimum Gasteiger partial charge on any atom is -0.355 e. The average Bonchev–Trinajstić information content (AvgIpc) is 2.92. The van der Waals surface area contributed by atoms with Gasteiger partial charge in [-0.15, -0.1) is 0 Å². The number of nitrogens with zero attached hydrogens (tertiary/aromatic N) is 1. The van der Waals surface area contributed by atoms with Gasteiger partial charge in [0.25, 0.3) is 0 Å². The third-order valence-electron chi connectivity index (χ3n) is 5.71. The van der Waals surface area contributed by atoms with E-state index in [1.807, 2.05) is 0 Å². The van der Waals surface area contributed by atoms with Gasteiger partial charge in [-0.25, -0.2) is 0 Å². The zero-order valence-corrected chi connectivity index (χ0v) is 18.0. The van der Waals surface area contributed by atoms with Crippen LogP contribution in [-0.4, -0.2) is 0 Å². The standard InChI is InChI=1S/C28H30N2/c1-4-23(29-27-17-11-10-16-26(27)21(2)3)20-25-19-22-13-9-12-18-28(22)30(25)24-14-7-5-6-8-15-24/h4-5,7,9-14,16-18,20,29H,2,6,8,15,19H2,1,3H3/b23-4+,25-20+. The molecule has 2 aromatic carbocycles. The number of benzene rings is 2. The molecule has 4 rings (SSSR count). The van der Waals surface area contributed by atoms with Gasteiger partial charge in [-0.05, 0) is 68.5 Å². The van der Waals surface area contributed by atoms with Crippen molar-refractivity contribution in [2.75, 3.05) is 10.2 Å². The van der Waals surface area contributed by atoms with Crippen molar-refractivity contribution in [1.82, 2.24) is 0 Å². The molecular weight excluding hydrogens is 364 g/mol. The second-order valence-electron chi connectivity index (χ2n) is 7.95. The Morgan fingerprint density at radius 2 is 1.90 bits per heavy atom. The van der Waals surface area contributed by atoms with Gasteiger partial charge in [-0.1, -0.05) is 61.2 Å².